The van der Waals surface area contributed by atoms with Crippen LogP contribution in [0, 0.1) is 11.3 Å². The third-order valence-corrected chi connectivity index (χ3v) is 3.55. The van der Waals surface area contributed by atoms with Gasteiger partial charge in [-0.15, -0.1) is 0 Å². The molecule has 0 bridgehead atoms. The van der Waals surface area contributed by atoms with E-state index in [1.54, 1.807) is 0 Å². The summed E-state index contributed by atoms with van der Waals surface area (Å²) < 4.78 is 11.3. The van der Waals surface area contributed by atoms with Crippen LogP contribution in [-0.2, 0) is 0 Å². The number of hydrogen-bond donors (Lipinski definition) is 0. The maximum atomic E-state index is 9.14. The number of benzene rings is 1. The Morgan fingerprint density at radius 1 is 1.25 bits per heavy atom. The Morgan fingerprint density at radius 2 is 2.00 bits per heavy atom. The molecular formula is C16H22N2O2. The summed E-state index contributed by atoms with van der Waals surface area (Å²) >= 11 is 0. The second kappa shape index (κ2) is 7.76. The van der Waals surface area contributed by atoms with Gasteiger partial charge in [0.25, 0.3) is 0 Å². The summed E-state index contributed by atoms with van der Waals surface area (Å²) in [6, 6.07) is 10.1. The zero-order chi connectivity index (χ0) is 14.2. The zero-order valence-electron chi connectivity index (χ0n) is 12.0. The lowest BCUT2D eigenvalue weighted by Gasteiger charge is -2.31. The second-order valence-electron chi connectivity index (χ2n) is 4.90. The first kappa shape index (κ1) is 14.7. The van der Waals surface area contributed by atoms with Gasteiger partial charge in [-0.1, -0.05) is 12.1 Å². The van der Waals surface area contributed by atoms with Crippen LogP contribution in [0.4, 0.5) is 0 Å². The van der Waals surface area contributed by atoms with E-state index in [9.17, 15) is 0 Å². The predicted molar refractivity (Wildman–Crippen MR) is 77.9 cm³/mol. The lowest BCUT2D eigenvalue weighted by Crippen LogP contribution is -2.40. The van der Waals surface area contributed by atoms with Gasteiger partial charge in [0, 0.05) is 6.54 Å². The summed E-state index contributed by atoms with van der Waals surface area (Å²) in [5.41, 5.74) is 0. The van der Waals surface area contributed by atoms with Gasteiger partial charge in [-0.2, -0.15) is 5.26 Å². The molecule has 1 aromatic rings. The molecule has 1 unspecified atom stereocenters. The minimum atomic E-state index is 0.0504. The average Bonchev–Trinajstić information content (AvgIpc) is 2.50. The summed E-state index contributed by atoms with van der Waals surface area (Å²) in [5.74, 6) is 1.56. The Balaban J connectivity index is 1.85. The molecule has 1 aromatic carbocycles. The average molecular weight is 274 g/mol. The first-order valence-corrected chi connectivity index (χ1v) is 7.33. The van der Waals surface area contributed by atoms with Gasteiger partial charge in [0.2, 0.25) is 0 Å². The van der Waals surface area contributed by atoms with Gasteiger partial charge in [0.15, 0.2) is 11.5 Å². The van der Waals surface area contributed by atoms with Gasteiger partial charge in [-0.25, -0.2) is 0 Å². The maximum absolute atomic E-state index is 9.14. The van der Waals surface area contributed by atoms with Crippen molar-refractivity contribution in [3.05, 3.63) is 24.3 Å². The van der Waals surface area contributed by atoms with Crippen LogP contribution in [0.25, 0.3) is 0 Å². The summed E-state index contributed by atoms with van der Waals surface area (Å²) in [7, 11) is 0. The fourth-order valence-electron chi connectivity index (χ4n) is 2.52. The van der Waals surface area contributed by atoms with Gasteiger partial charge in [-0.05, 0) is 44.9 Å². The molecule has 1 aliphatic rings. The van der Waals surface area contributed by atoms with Gasteiger partial charge in [0.1, 0.15) is 6.61 Å². The van der Waals surface area contributed by atoms with E-state index in [4.69, 9.17) is 14.7 Å². The minimum absolute atomic E-state index is 0.0504. The predicted octanol–water partition coefficient (Wildman–Crippen LogP) is 2.84. The van der Waals surface area contributed by atoms with E-state index in [-0.39, 0.29) is 6.04 Å². The largest absolute Gasteiger partial charge is 0.490 e. The Hall–Kier alpha value is -1.73. The van der Waals surface area contributed by atoms with E-state index in [1.165, 1.54) is 6.42 Å². The molecule has 0 radical (unpaired) electrons. The number of likely N-dealkylation sites (tertiary alicyclic amines) is 1. The maximum Gasteiger partial charge on any atom is 0.161 e. The van der Waals surface area contributed by atoms with E-state index in [0.717, 1.165) is 37.4 Å². The topological polar surface area (TPSA) is 45.5 Å². The monoisotopic (exact) mass is 274 g/mol. The van der Waals surface area contributed by atoms with Crippen LogP contribution >= 0.6 is 0 Å². The van der Waals surface area contributed by atoms with Gasteiger partial charge >= 0.3 is 0 Å². The summed E-state index contributed by atoms with van der Waals surface area (Å²) in [5, 5.41) is 9.14. The smallest absolute Gasteiger partial charge is 0.161 e. The van der Waals surface area contributed by atoms with Crippen molar-refractivity contribution in [2.75, 3.05) is 26.3 Å². The van der Waals surface area contributed by atoms with Gasteiger partial charge in [0.05, 0.1) is 18.7 Å². The molecule has 20 heavy (non-hydrogen) atoms. The molecule has 1 fully saturated rings. The molecule has 0 aliphatic carbocycles. The summed E-state index contributed by atoms with van der Waals surface area (Å²) in [4.78, 5) is 2.22. The number of nitriles is 1. The van der Waals surface area contributed by atoms with Crippen molar-refractivity contribution in [3.63, 3.8) is 0 Å². The first-order chi connectivity index (χ1) is 9.85. The molecule has 1 atom stereocenters. The lowest BCUT2D eigenvalue weighted by atomic mass is 10.0. The van der Waals surface area contributed by atoms with Crippen LogP contribution in [0.1, 0.15) is 26.2 Å². The highest BCUT2D eigenvalue weighted by atomic mass is 16.5. The molecule has 1 heterocycles. The molecule has 0 spiro atoms. The molecule has 4 heteroatoms. The summed E-state index contributed by atoms with van der Waals surface area (Å²) in [6.45, 7) is 4.96. The number of hydrogen-bond acceptors (Lipinski definition) is 4. The molecule has 0 N–H and O–H groups in total. The zero-order valence-corrected chi connectivity index (χ0v) is 12.0. The molecule has 2 rings (SSSR count). The lowest BCUT2D eigenvalue weighted by molar-refractivity contribution is 0.149. The van der Waals surface area contributed by atoms with E-state index in [0.29, 0.717) is 13.2 Å². The number of para-hydroxylation sites is 2. The number of nitrogens with zero attached hydrogens (tertiary/aromatic N) is 2. The normalized spacial score (nSPS) is 19.3. The molecule has 108 valence electrons. The van der Waals surface area contributed by atoms with Crippen molar-refractivity contribution in [1.82, 2.24) is 4.90 Å². The molecular weight excluding hydrogens is 252 g/mol. The molecule has 0 aromatic heterocycles. The molecule has 4 nitrogen and oxygen atoms in total. The second-order valence-corrected chi connectivity index (χ2v) is 4.90. The fraction of sp³-hybridized carbons (Fsp3) is 0.562. The van der Waals surface area contributed by atoms with Crippen LogP contribution in [0.15, 0.2) is 24.3 Å². The molecule has 1 aliphatic heterocycles. The third kappa shape index (κ3) is 3.88. The highest BCUT2D eigenvalue weighted by molar-refractivity contribution is 5.39. The quantitative estimate of drug-likeness (QED) is 0.800. The Morgan fingerprint density at radius 3 is 2.70 bits per heavy atom. The molecule has 1 saturated heterocycles. The number of rotatable bonds is 6. The van der Waals surface area contributed by atoms with Gasteiger partial charge in [-0.3, -0.25) is 4.90 Å². The first-order valence-electron chi connectivity index (χ1n) is 7.33. The molecule has 0 saturated carbocycles. The van der Waals surface area contributed by atoms with Crippen LogP contribution in [0.5, 0.6) is 11.5 Å². The standard InChI is InChI=1S/C16H22N2O2/c1-2-19-15-8-3-4-9-16(15)20-12-11-18-10-6-5-7-14(18)13-17/h3-4,8-9,14H,2,5-7,10-12H2,1H3. The fourth-order valence-corrected chi connectivity index (χ4v) is 2.52. The third-order valence-electron chi connectivity index (χ3n) is 3.55. The van der Waals surface area contributed by atoms with Crippen LogP contribution < -0.4 is 9.47 Å². The summed E-state index contributed by atoms with van der Waals surface area (Å²) in [6.07, 6.45) is 3.31. The van der Waals surface area contributed by atoms with Crippen molar-refractivity contribution in [3.8, 4) is 17.6 Å². The van der Waals surface area contributed by atoms with Crippen molar-refractivity contribution in [1.29, 1.82) is 5.26 Å². The van der Waals surface area contributed by atoms with Crippen molar-refractivity contribution in [2.45, 2.75) is 32.2 Å². The van der Waals surface area contributed by atoms with Crippen molar-refractivity contribution in [2.24, 2.45) is 0 Å². The van der Waals surface area contributed by atoms with E-state index in [1.807, 2.05) is 31.2 Å². The van der Waals surface area contributed by atoms with Gasteiger partial charge < -0.3 is 9.47 Å². The Bertz CT molecular complexity index is 456. The van der Waals surface area contributed by atoms with E-state index in [2.05, 4.69) is 11.0 Å². The Labute approximate surface area is 120 Å². The van der Waals surface area contributed by atoms with Crippen LogP contribution in [0.2, 0.25) is 0 Å². The van der Waals surface area contributed by atoms with E-state index < -0.39 is 0 Å². The van der Waals surface area contributed by atoms with Crippen molar-refractivity contribution >= 4 is 0 Å². The number of ether oxygens (including phenoxy) is 2. The highest BCUT2D eigenvalue weighted by Crippen LogP contribution is 2.26. The highest BCUT2D eigenvalue weighted by Gasteiger charge is 2.21. The van der Waals surface area contributed by atoms with Crippen LogP contribution in [0.3, 0.4) is 0 Å². The van der Waals surface area contributed by atoms with E-state index >= 15 is 0 Å². The number of piperidine rings is 1. The minimum Gasteiger partial charge on any atom is -0.490 e. The van der Waals surface area contributed by atoms with Crippen LogP contribution in [-0.4, -0.2) is 37.2 Å². The SMILES string of the molecule is CCOc1ccccc1OCCN1CCCCC1C#N. The van der Waals surface area contributed by atoms with Crippen molar-refractivity contribution < 1.29 is 9.47 Å². The molecule has 0 amide bonds. The Kier molecular flexibility index (Phi) is 5.69.